The standard InChI is InChI=1S/C15H15F3N2OS/c1-9-7-22-8-13(9)20-14(21)19-10(2)11-3-5-12(6-4-11)15(16,17)18/h3-8,10H,1-2H3,(H2,19,20,21)/t10-/m1/s1. The van der Waals surface area contributed by atoms with Gasteiger partial charge >= 0.3 is 12.2 Å². The van der Waals surface area contributed by atoms with Gasteiger partial charge in [0.05, 0.1) is 17.3 Å². The first-order valence-electron chi connectivity index (χ1n) is 6.55. The molecule has 1 aromatic carbocycles. The molecule has 0 saturated heterocycles. The first-order chi connectivity index (χ1) is 10.3. The van der Waals surface area contributed by atoms with Gasteiger partial charge in [-0.2, -0.15) is 13.2 Å². The summed E-state index contributed by atoms with van der Waals surface area (Å²) in [6.07, 6.45) is -4.36. The molecule has 118 valence electrons. The van der Waals surface area contributed by atoms with Crippen molar-refractivity contribution < 1.29 is 18.0 Å². The lowest BCUT2D eigenvalue weighted by Gasteiger charge is -2.16. The Morgan fingerprint density at radius 3 is 2.32 bits per heavy atom. The van der Waals surface area contributed by atoms with Crippen LogP contribution in [0.25, 0.3) is 0 Å². The van der Waals surface area contributed by atoms with E-state index in [2.05, 4.69) is 10.6 Å². The monoisotopic (exact) mass is 328 g/mol. The number of thiophene rings is 1. The van der Waals surface area contributed by atoms with Crippen molar-refractivity contribution in [2.75, 3.05) is 5.32 Å². The van der Waals surface area contributed by atoms with Crippen LogP contribution in [0.1, 0.15) is 29.7 Å². The number of urea groups is 1. The third kappa shape index (κ3) is 4.00. The number of aryl methyl sites for hydroxylation is 1. The first kappa shape index (κ1) is 16.4. The second-order valence-electron chi connectivity index (χ2n) is 4.91. The van der Waals surface area contributed by atoms with Gasteiger partial charge in [-0.3, -0.25) is 0 Å². The summed E-state index contributed by atoms with van der Waals surface area (Å²) in [5.74, 6) is 0. The van der Waals surface area contributed by atoms with E-state index in [0.717, 1.165) is 23.4 Å². The summed E-state index contributed by atoms with van der Waals surface area (Å²) in [5.41, 5.74) is 1.58. The number of hydrogen-bond acceptors (Lipinski definition) is 2. The summed E-state index contributed by atoms with van der Waals surface area (Å²) >= 11 is 1.48. The number of rotatable bonds is 3. The highest BCUT2D eigenvalue weighted by Gasteiger charge is 2.30. The van der Waals surface area contributed by atoms with Crippen LogP contribution in [0.3, 0.4) is 0 Å². The van der Waals surface area contributed by atoms with Crippen LogP contribution in [0.5, 0.6) is 0 Å². The normalized spacial score (nSPS) is 12.8. The Morgan fingerprint density at radius 1 is 1.18 bits per heavy atom. The Bertz CT molecular complexity index is 650. The van der Waals surface area contributed by atoms with Crippen molar-refractivity contribution in [2.45, 2.75) is 26.1 Å². The van der Waals surface area contributed by atoms with E-state index in [1.165, 1.54) is 23.5 Å². The van der Waals surface area contributed by atoms with Gasteiger partial charge in [-0.25, -0.2) is 4.79 Å². The molecule has 3 nitrogen and oxygen atoms in total. The van der Waals surface area contributed by atoms with E-state index in [4.69, 9.17) is 0 Å². The van der Waals surface area contributed by atoms with E-state index in [0.29, 0.717) is 5.56 Å². The smallest absolute Gasteiger partial charge is 0.331 e. The Labute approximate surface area is 130 Å². The predicted octanol–water partition coefficient (Wildman–Crippen LogP) is 4.96. The summed E-state index contributed by atoms with van der Waals surface area (Å²) in [5, 5.41) is 9.13. The summed E-state index contributed by atoms with van der Waals surface area (Å²) in [6.45, 7) is 3.59. The van der Waals surface area contributed by atoms with Gasteiger partial charge in [0, 0.05) is 5.38 Å². The molecule has 0 saturated carbocycles. The minimum absolute atomic E-state index is 0.395. The molecular formula is C15H15F3N2OS. The number of amides is 2. The molecular weight excluding hydrogens is 313 g/mol. The van der Waals surface area contributed by atoms with Gasteiger partial charge in [-0.1, -0.05) is 12.1 Å². The number of alkyl halides is 3. The van der Waals surface area contributed by atoms with Gasteiger partial charge in [-0.05, 0) is 42.5 Å². The fourth-order valence-electron chi connectivity index (χ4n) is 1.89. The Balaban J connectivity index is 1.98. The van der Waals surface area contributed by atoms with Crippen LogP contribution < -0.4 is 10.6 Å². The molecule has 1 atom stereocenters. The molecule has 1 heterocycles. The highest BCUT2D eigenvalue weighted by Crippen LogP contribution is 2.29. The number of carbonyl (C=O) groups excluding carboxylic acids is 1. The summed E-state index contributed by atoms with van der Waals surface area (Å²) in [7, 11) is 0. The van der Waals surface area contributed by atoms with E-state index < -0.39 is 23.8 Å². The minimum Gasteiger partial charge on any atom is -0.331 e. The van der Waals surface area contributed by atoms with Gasteiger partial charge in [0.1, 0.15) is 0 Å². The molecule has 0 aliphatic heterocycles. The largest absolute Gasteiger partial charge is 0.416 e. The van der Waals surface area contributed by atoms with Crippen molar-refractivity contribution in [3.8, 4) is 0 Å². The fourth-order valence-corrected chi connectivity index (χ4v) is 2.67. The first-order valence-corrected chi connectivity index (χ1v) is 7.49. The Morgan fingerprint density at radius 2 is 1.82 bits per heavy atom. The summed E-state index contributed by atoms with van der Waals surface area (Å²) in [4.78, 5) is 11.9. The number of hydrogen-bond donors (Lipinski definition) is 2. The van der Waals surface area contributed by atoms with E-state index in [1.54, 1.807) is 6.92 Å². The quantitative estimate of drug-likeness (QED) is 0.821. The Hall–Kier alpha value is -2.02. The number of anilines is 1. The van der Waals surface area contributed by atoms with E-state index in [9.17, 15) is 18.0 Å². The molecule has 0 spiro atoms. The number of nitrogens with one attached hydrogen (secondary N) is 2. The number of halogens is 3. The van der Waals surface area contributed by atoms with Gasteiger partial charge in [0.15, 0.2) is 0 Å². The lowest BCUT2D eigenvalue weighted by atomic mass is 10.1. The van der Waals surface area contributed by atoms with Crippen molar-refractivity contribution in [1.82, 2.24) is 5.32 Å². The van der Waals surface area contributed by atoms with Gasteiger partial charge < -0.3 is 10.6 Å². The molecule has 2 N–H and O–H groups in total. The average molecular weight is 328 g/mol. The minimum atomic E-state index is -4.36. The Kier molecular flexibility index (Phi) is 4.75. The summed E-state index contributed by atoms with van der Waals surface area (Å²) < 4.78 is 37.5. The topological polar surface area (TPSA) is 41.1 Å². The highest BCUT2D eigenvalue weighted by molar-refractivity contribution is 7.08. The van der Waals surface area contributed by atoms with Gasteiger partial charge in [0.25, 0.3) is 0 Å². The predicted molar refractivity (Wildman–Crippen MR) is 81.1 cm³/mol. The van der Waals surface area contributed by atoms with Gasteiger partial charge in [0.2, 0.25) is 0 Å². The zero-order chi connectivity index (χ0) is 16.3. The number of carbonyl (C=O) groups is 1. The van der Waals surface area contributed by atoms with Crippen LogP contribution in [0.4, 0.5) is 23.7 Å². The SMILES string of the molecule is Cc1cscc1NC(=O)N[C@H](C)c1ccc(C(F)(F)F)cc1. The second-order valence-corrected chi connectivity index (χ2v) is 5.65. The van der Waals surface area contributed by atoms with Crippen LogP contribution in [-0.2, 0) is 6.18 Å². The molecule has 0 unspecified atom stereocenters. The van der Waals surface area contributed by atoms with E-state index >= 15 is 0 Å². The fraction of sp³-hybridized carbons (Fsp3) is 0.267. The molecule has 1 aromatic heterocycles. The highest BCUT2D eigenvalue weighted by atomic mass is 32.1. The average Bonchev–Trinajstić information content (AvgIpc) is 2.83. The maximum atomic E-state index is 12.5. The van der Waals surface area contributed by atoms with Crippen molar-refractivity contribution in [3.63, 3.8) is 0 Å². The molecule has 2 aromatic rings. The molecule has 0 fully saturated rings. The lowest BCUT2D eigenvalue weighted by molar-refractivity contribution is -0.137. The molecule has 22 heavy (non-hydrogen) atoms. The molecule has 2 amide bonds. The molecule has 2 rings (SSSR count). The zero-order valence-corrected chi connectivity index (χ0v) is 12.8. The van der Waals surface area contributed by atoms with Crippen LogP contribution >= 0.6 is 11.3 Å². The molecule has 0 aliphatic carbocycles. The number of benzene rings is 1. The van der Waals surface area contributed by atoms with Crippen molar-refractivity contribution >= 4 is 23.1 Å². The molecule has 7 heteroatoms. The molecule has 0 bridgehead atoms. The zero-order valence-electron chi connectivity index (χ0n) is 12.0. The second kappa shape index (κ2) is 6.39. The van der Waals surface area contributed by atoms with Crippen LogP contribution in [0, 0.1) is 6.92 Å². The van der Waals surface area contributed by atoms with E-state index in [-0.39, 0.29) is 0 Å². The van der Waals surface area contributed by atoms with Crippen molar-refractivity contribution in [3.05, 3.63) is 51.7 Å². The van der Waals surface area contributed by atoms with Crippen LogP contribution in [0.2, 0.25) is 0 Å². The maximum Gasteiger partial charge on any atom is 0.416 e. The van der Waals surface area contributed by atoms with Crippen molar-refractivity contribution in [2.24, 2.45) is 0 Å². The summed E-state index contributed by atoms with van der Waals surface area (Å²) in [6, 6.07) is 3.95. The molecule has 0 aliphatic rings. The van der Waals surface area contributed by atoms with Crippen molar-refractivity contribution in [1.29, 1.82) is 0 Å². The third-order valence-electron chi connectivity index (χ3n) is 3.19. The molecule has 0 radical (unpaired) electrons. The van der Waals surface area contributed by atoms with Crippen LogP contribution in [-0.4, -0.2) is 6.03 Å². The maximum absolute atomic E-state index is 12.5. The van der Waals surface area contributed by atoms with Crippen LogP contribution in [0.15, 0.2) is 35.0 Å². The lowest BCUT2D eigenvalue weighted by Crippen LogP contribution is -2.31. The third-order valence-corrected chi connectivity index (χ3v) is 4.05. The van der Waals surface area contributed by atoms with Gasteiger partial charge in [-0.15, -0.1) is 11.3 Å². The van der Waals surface area contributed by atoms with E-state index in [1.807, 2.05) is 17.7 Å².